The van der Waals surface area contributed by atoms with Crippen molar-refractivity contribution < 1.29 is 19.1 Å². The van der Waals surface area contributed by atoms with Gasteiger partial charge in [-0.1, -0.05) is 128 Å². The number of carbonyl (C=O) groups excluding carboxylic acids is 2. The minimum atomic E-state index is -0.975. The molecule has 0 radical (unpaired) electrons. The lowest BCUT2D eigenvalue weighted by Gasteiger charge is -2.29. The highest BCUT2D eigenvalue weighted by Crippen LogP contribution is 2.39. The molecule has 2 unspecified atom stereocenters. The van der Waals surface area contributed by atoms with Crippen molar-refractivity contribution >= 4 is 12.1 Å². The SMILES string of the molecule is CCCC1C(=C2C=CC(C)=CC2)N(C(=O)OCc2ccccc2)C(C(=O)OCc2ccccc2)N1Cc1ccccc1. The fourth-order valence-corrected chi connectivity index (χ4v) is 5.56. The van der Waals surface area contributed by atoms with Gasteiger partial charge in [0.05, 0.1) is 6.04 Å². The van der Waals surface area contributed by atoms with Crippen LogP contribution in [0.15, 0.2) is 126 Å². The first-order valence-electron chi connectivity index (χ1n) is 14.6. The zero-order valence-electron chi connectivity index (χ0n) is 24.3. The Hall–Kier alpha value is -4.42. The van der Waals surface area contributed by atoms with Crippen molar-refractivity contribution in [3.8, 4) is 0 Å². The van der Waals surface area contributed by atoms with Crippen molar-refractivity contribution in [1.29, 1.82) is 0 Å². The van der Waals surface area contributed by atoms with Gasteiger partial charge in [0.15, 0.2) is 6.17 Å². The molecule has 6 heteroatoms. The van der Waals surface area contributed by atoms with Crippen LogP contribution in [0.2, 0.25) is 0 Å². The van der Waals surface area contributed by atoms with E-state index in [0.29, 0.717) is 13.0 Å². The molecule has 6 nitrogen and oxygen atoms in total. The number of allylic oxidation sites excluding steroid dienone is 5. The average Bonchev–Trinajstić information content (AvgIpc) is 3.34. The molecule has 1 heterocycles. The van der Waals surface area contributed by atoms with Gasteiger partial charge in [-0.2, -0.15) is 0 Å². The van der Waals surface area contributed by atoms with Crippen LogP contribution < -0.4 is 0 Å². The van der Waals surface area contributed by atoms with Crippen molar-refractivity contribution in [1.82, 2.24) is 9.80 Å². The minimum Gasteiger partial charge on any atom is -0.458 e. The van der Waals surface area contributed by atoms with E-state index in [1.165, 1.54) is 5.57 Å². The lowest BCUT2D eigenvalue weighted by molar-refractivity contribution is -0.155. The van der Waals surface area contributed by atoms with Gasteiger partial charge in [0.2, 0.25) is 0 Å². The van der Waals surface area contributed by atoms with Crippen LogP contribution in [-0.4, -0.2) is 34.1 Å². The summed E-state index contributed by atoms with van der Waals surface area (Å²) in [6, 6.07) is 29.1. The normalized spacial score (nSPS) is 20.3. The third kappa shape index (κ3) is 6.89. The molecular formula is C36H38N2O4. The summed E-state index contributed by atoms with van der Waals surface area (Å²) in [4.78, 5) is 31.8. The second-order valence-electron chi connectivity index (χ2n) is 10.7. The molecule has 1 amide bonds. The molecule has 2 atom stereocenters. The van der Waals surface area contributed by atoms with E-state index in [4.69, 9.17) is 9.47 Å². The molecule has 2 aliphatic rings. The van der Waals surface area contributed by atoms with Gasteiger partial charge >= 0.3 is 12.1 Å². The smallest absolute Gasteiger partial charge is 0.416 e. The Bertz CT molecular complexity index is 1450. The Morgan fingerprint density at radius 3 is 1.90 bits per heavy atom. The summed E-state index contributed by atoms with van der Waals surface area (Å²) in [6.45, 7) is 4.90. The average molecular weight is 563 g/mol. The number of benzene rings is 3. The first-order chi connectivity index (χ1) is 20.5. The Balaban J connectivity index is 1.56. The molecule has 3 aromatic carbocycles. The first kappa shape index (κ1) is 29.1. The zero-order chi connectivity index (χ0) is 29.3. The molecule has 42 heavy (non-hydrogen) atoms. The Morgan fingerprint density at radius 2 is 1.36 bits per heavy atom. The number of nitrogens with zero attached hydrogens (tertiary/aromatic N) is 2. The summed E-state index contributed by atoms with van der Waals surface area (Å²) in [5.74, 6) is -0.477. The Labute approximate surface area is 248 Å². The lowest BCUT2D eigenvalue weighted by Crippen LogP contribution is -2.48. The fourth-order valence-electron chi connectivity index (χ4n) is 5.56. The third-order valence-electron chi connectivity index (χ3n) is 7.66. The number of rotatable bonds is 9. The molecule has 1 aliphatic heterocycles. The van der Waals surface area contributed by atoms with Crippen LogP contribution in [-0.2, 0) is 34.0 Å². The lowest BCUT2D eigenvalue weighted by atomic mass is 9.96. The molecule has 1 fully saturated rings. The molecule has 3 aromatic rings. The maximum atomic E-state index is 14.1. The highest BCUT2D eigenvalue weighted by atomic mass is 16.6. The van der Waals surface area contributed by atoms with Crippen molar-refractivity contribution in [2.75, 3.05) is 0 Å². The van der Waals surface area contributed by atoms with Gasteiger partial charge in [-0.3, -0.25) is 9.80 Å². The maximum Gasteiger partial charge on any atom is 0.416 e. The monoisotopic (exact) mass is 562 g/mol. The predicted octanol–water partition coefficient (Wildman–Crippen LogP) is 7.54. The van der Waals surface area contributed by atoms with Crippen molar-refractivity contribution in [2.45, 2.75) is 65.1 Å². The highest BCUT2D eigenvalue weighted by Gasteiger charge is 2.51. The standard InChI is InChI=1S/C36H38N2O4/c1-3-13-32-33(31-22-20-27(2)21-23-31)38(36(40)42-26-30-18-11-6-12-19-30)34(37(32)24-28-14-7-4-8-15-28)35(39)41-25-29-16-9-5-10-17-29/h4-12,14-22,32,34H,3,13,23-26H2,1-2H3. The maximum absolute atomic E-state index is 14.1. The van der Waals surface area contributed by atoms with Crippen molar-refractivity contribution in [3.05, 3.63) is 143 Å². The highest BCUT2D eigenvalue weighted by molar-refractivity contribution is 5.84. The van der Waals surface area contributed by atoms with Crippen LogP contribution in [0.25, 0.3) is 0 Å². The van der Waals surface area contributed by atoms with E-state index in [9.17, 15) is 9.59 Å². The van der Waals surface area contributed by atoms with E-state index in [0.717, 1.165) is 40.8 Å². The predicted molar refractivity (Wildman–Crippen MR) is 164 cm³/mol. The van der Waals surface area contributed by atoms with Gasteiger partial charge in [-0.05, 0) is 42.0 Å². The summed E-state index contributed by atoms with van der Waals surface area (Å²) in [6.07, 6.45) is 7.08. The Kier molecular flexibility index (Phi) is 9.67. The third-order valence-corrected chi connectivity index (χ3v) is 7.66. The largest absolute Gasteiger partial charge is 0.458 e. The van der Waals surface area contributed by atoms with Crippen LogP contribution in [0, 0.1) is 0 Å². The van der Waals surface area contributed by atoms with Crippen molar-refractivity contribution in [3.63, 3.8) is 0 Å². The number of esters is 1. The van der Waals surface area contributed by atoms with Gasteiger partial charge in [-0.25, -0.2) is 9.59 Å². The van der Waals surface area contributed by atoms with Gasteiger partial charge in [-0.15, -0.1) is 0 Å². The molecule has 0 N–H and O–H groups in total. The van der Waals surface area contributed by atoms with Gasteiger partial charge in [0, 0.05) is 12.2 Å². The molecule has 0 spiro atoms. The number of amides is 1. The van der Waals surface area contributed by atoms with E-state index in [1.807, 2.05) is 91.0 Å². The van der Waals surface area contributed by atoms with Crippen LogP contribution in [0.5, 0.6) is 0 Å². The molecule has 0 saturated carbocycles. The fraction of sp³-hybridized carbons (Fsp3) is 0.278. The topological polar surface area (TPSA) is 59.1 Å². The number of hydrogen-bond donors (Lipinski definition) is 0. The Morgan fingerprint density at radius 1 is 0.786 bits per heavy atom. The van der Waals surface area contributed by atoms with Crippen LogP contribution >= 0.6 is 0 Å². The summed E-state index contributed by atoms with van der Waals surface area (Å²) in [7, 11) is 0. The van der Waals surface area contributed by atoms with E-state index >= 15 is 0 Å². The number of carbonyl (C=O) groups is 2. The first-order valence-corrected chi connectivity index (χ1v) is 14.6. The van der Waals surface area contributed by atoms with Crippen LogP contribution in [0.3, 0.4) is 0 Å². The van der Waals surface area contributed by atoms with E-state index in [2.05, 4.69) is 37.0 Å². The molecule has 0 bridgehead atoms. The number of ether oxygens (including phenoxy) is 2. The van der Waals surface area contributed by atoms with E-state index in [-0.39, 0.29) is 19.3 Å². The van der Waals surface area contributed by atoms with E-state index < -0.39 is 18.2 Å². The quantitative estimate of drug-likeness (QED) is 0.252. The second kappa shape index (κ2) is 14.0. The van der Waals surface area contributed by atoms with E-state index in [1.54, 1.807) is 4.90 Å². The van der Waals surface area contributed by atoms with Crippen LogP contribution in [0.4, 0.5) is 4.79 Å². The molecule has 216 valence electrons. The molecule has 1 aliphatic carbocycles. The zero-order valence-corrected chi connectivity index (χ0v) is 24.3. The molecule has 1 saturated heterocycles. The van der Waals surface area contributed by atoms with Gasteiger partial charge < -0.3 is 9.47 Å². The summed E-state index contributed by atoms with van der Waals surface area (Å²) in [5, 5.41) is 0. The second-order valence-corrected chi connectivity index (χ2v) is 10.7. The number of hydrogen-bond acceptors (Lipinski definition) is 5. The minimum absolute atomic E-state index is 0.108. The molecular weight excluding hydrogens is 524 g/mol. The summed E-state index contributed by atoms with van der Waals surface area (Å²) in [5.41, 5.74) is 5.81. The molecule has 5 rings (SSSR count). The van der Waals surface area contributed by atoms with Crippen LogP contribution in [0.1, 0.15) is 49.8 Å². The van der Waals surface area contributed by atoms with Gasteiger partial charge in [0.25, 0.3) is 0 Å². The summed E-state index contributed by atoms with van der Waals surface area (Å²) < 4.78 is 11.8. The van der Waals surface area contributed by atoms with Gasteiger partial charge in [0.1, 0.15) is 13.2 Å². The summed E-state index contributed by atoms with van der Waals surface area (Å²) >= 11 is 0. The van der Waals surface area contributed by atoms with Crippen molar-refractivity contribution in [2.24, 2.45) is 0 Å². The molecule has 0 aromatic heterocycles.